The van der Waals surface area contributed by atoms with E-state index in [4.69, 9.17) is 14.2 Å². The number of nitrogens with zero attached hydrogens (tertiary/aromatic N) is 2. The van der Waals surface area contributed by atoms with Crippen LogP contribution >= 0.6 is 0 Å². The van der Waals surface area contributed by atoms with Gasteiger partial charge < -0.3 is 24.8 Å². The molecule has 0 saturated carbocycles. The van der Waals surface area contributed by atoms with Crippen LogP contribution in [0.5, 0.6) is 11.5 Å². The second-order valence-electron chi connectivity index (χ2n) is 8.28. The van der Waals surface area contributed by atoms with Crippen molar-refractivity contribution in [1.29, 1.82) is 0 Å². The number of urea groups is 1. The standard InChI is InChI=1S/C25H30N4O6/c1-33-21-8-7-17(13-22(21)34-2)20(28-9-11-35-12-10-28)14-26-24(31)19-6-4-3-5-18(19)16-29-23(30)15-27-25(29)32/h3-8,13,20H,9-12,14-16H2,1-2H3,(H,26,31)(H,27,32)/t20-/m0/s1. The van der Waals surface area contributed by atoms with Crippen LogP contribution in [0.4, 0.5) is 4.79 Å². The van der Waals surface area contributed by atoms with Crippen LogP contribution in [0.25, 0.3) is 0 Å². The minimum Gasteiger partial charge on any atom is -0.493 e. The molecule has 2 N–H and O–H groups in total. The highest BCUT2D eigenvalue weighted by Gasteiger charge is 2.30. The lowest BCUT2D eigenvalue weighted by molar-refractivity contribution is -0.125. The van der Waals surface area contributed by atoms with E-state index in [2.05, 4.69) is 15.5 Å². The predicted octanol–water partition coefficient (Wildman–Crippen LogP) is 1.56. The van der Waals surface area contributed by atoms with Gasteiger partial charge in [-0.3, -0.25) is 19.4 Å². The van der Waals surface area contributed by atoms with E-state index in [9.17, 15) is 14.4 Å². The van der Waals surface area contributed by atoms with Gasteiger partial charge in [-0.15, -0.1) is 0 Å². The minimum absolute atomic E-state index is 0.0280. The number of benzene rings is 2. The highest BCUT2D eigenvalue weighted by molar-refractivity contribution is 6.02. The molecule has 2 heterocycles. The summed E-state index contributed by atoms with van der Waals surface area (Å²) in [5.74, 6) is 0.668. The lowest BCUT2D eigenvalue weighted by Crippen LogP contribution is -2.44. The summed E-state index contributed by atoms with van der Waals surface area (Å²) in [5.41, 5.74) is 2.01. The number of ether oxygens (including phenoxy) is 3. The Kier molecular flexibility index (Phi) is 7.84. The highest BCUT2D eigenvalue weighted by Crippen LogP contribution is 2.32. The maximum absolute atomic E-state index is 13.2. The van der Waals surface area contributed by atoms with Crippen molar-refractivity contribution in [2.75, 3.05) is 53.6 Å². The van der Waals surface area contributed by atoms with Gasteiger partial charge >= 0.3 is 6.03 Å². The van der Waals surface area contributed by atoms with Crippen LogP contribution in [0, 0.1) is 0 Å². The Morgan fingerprint density at radius 3 is 2.51 bits per heavy atom. The summed E-state index contributed by atoms with van der Waals surface area (Å²) >= 11 is 0. The van der Waals surface area contributed by atoms with E-state index in [1.54, 1.807) is 38.5 Å². The predicted molar refractivity (Wildman–Crippen MR) is 127 cm³/mol. The molecule has 0 unspecified atom stereocenters. The van der Waals surface area contributed by atoms with Crippen molar-refractivity contribution >= 4 is 17.8 Å². The Bertz CT molecular complexity index is 1070. The van der Waals surface area contributed by atoms with Crippen LogP contribution in [0.2, 0.25) is 0 Å². The molecule has 0 spiro atoms. The Hall–Kier alpha value is -3.63. The van der Waals surface area contributed by atoms with Crippen LogP contribution in [-0.2, 0) is 16.1 Å². The SMILES string of the molecule is COc1ccc([C@H](CNC(=O)c2ccccc2CN2C(=O)CNC2=O)N2CCOCC2)cc1OC. The number of rotatable bonds is 9. The lowest BCUT2D eigenvalue weighted by Gasteiger charge is -2.35. The first-order valence-corrected chi connectivity index (χ1v) is 11.5. The van der Waals surface area contributed by atoms with Crippen LogP contribution < -0.4 is 20.1 Å². The van der Waals surface area contributed by atoms with Crippen LogP contribution in [0.1, 0.15) is 27.5 Å². The van der Waals surface area contributed by atoms with E-state index in [-0.39, 0.29) is 30.9 Å². The molecule has 186 valence electrons. The van der Waals surface area contributed by atoms with Crippen molar-refractivity contribution in [2.24, 2.45) is 0 Å². The number of methoxy groups -OCH3 is 2. The summed E-state index contributed by atoms with van der Waals surface area (Å²) in [6, 6.07) is 12.2. The first-order valence-electron chi connectivity index (χ1n) is 11.5. The van der Waals surface area contributed by atoms with Crippen molar-refractivity contribution in [1.82, 2.24) is 20.4 Å². The van der Waals surface area contributed by atoms with Crippen molar-refractivity contribution in [3.05, 3.63) is 59.2 Å². The van der Waals surface area contributed by atoms with Gasteiger partial charge in [0.15, 0.2) is 11.5 Å². The third-order valence-electron chi connectivity index (χ3n) is 6.26. The first kappa shape index (κ1) is 24.5. The molecule has 2 aromatic carbocycles. The van der Waals surface area contributed by atoms with Gasteiger partial charge in [0.1, 0.15) is 0 Å². The number of imide groups is 1. The molecule has 10 nitrogen and oxygen atoms in total. The molecule has 2 aliphatic rings. The molecular weight excluding hydrogens is 452 g/mol. The molecular formula is C25H30N4O6. The topological polar surface area (TPSA) is 109 Å². The number of hydrogen-bond donors (Lipinski definition) is 2. The van der Waals surface area contributed by atoms with Gasteiger partial charge in [-0.05, 0) is 29.3 Å². The van der Waals surface area contributed by atoms with Crippen LogP contribution in [0.15, 0.2) is 42.5 Å². The second-order valence-corrected chi connectivity index (χ2v) is 8.28. The molecule has 0 radical (unpaired) electrons. The fraction of sp³-hybridized carbons (Fsp3) is 0.400. The van der Waals surface area contributed by atoms with E-state index in [1.807, 2.05) is 18.2 Å². The van der Waals surface area contributed by atoms with Gasteiger partial charge in [0.2, 0.25) is 5.91 Å². The molecule has 2 saturated heterocycles. The molecule has 2 aliphatic heterocycles. The highest BCUT2D eigenvalue weighted by atomic mass is 16.5. The van der Waals surface area contributed by atoms with Crippen LogP contribution in [0.3, 0.4) is 0 Å². The molecule has 2 aromatic rings. The Morgan fingerprint density at radius 2 is 1.83 bits per heavy atom. The number of nitrogens with one attached hydrogen (secondary N) is 2. The van der Waals surface area contributed by atoms with Gasteiger partial charge in [0.25, 0.3) is 5.91 Å². The number of carbonyl (C=O) groups is 3. The van der Waals surface area contributed by atoms with E-state index in [0.717, 1.165) is 23.6 Å². The molecule has 0 aliphatic carbocycles. The second kappa shape index (κ2) is 11.2. The lowest BCUT2D eigenvalue weighted by atomic mass is 10.0. The molecule has 1 atom stereocenters. The van der Waals surface area contributed by atoms with Gasteiger partial charge in [-0.25, -0.2) is 4.79 Å². The van der Waals surface area contributed by atoms with Gasteiger partial charge in [0.05, 0.1) is 46.6 Å². The molecule has 0 aromatic heterocycles. The van der Waals surface area contributed by atoms with Crippen molar-refractivity contribution in [2.45, 2.75) is 12.6 Å². The fourth-order valence-electron chi connectivity index (χ4n) is 4.36. The average Bonchev–Trinajstić information content (AvgIpc) is 3.21. The molecule has 2 fully saturated rings. The van der Waals surface area contributed by atoms with Gasteiger partial charge in [0, 0.05) is 25.2 Å². The summed E-state index contributed by atoms with van der Waals surface area (Å²) < 4.78 is 16.4. The summed E-state index contributed by atoms with van der Waals surface area (Å²) in [7, 11) is 3.18. The number of morpholine rings is 1. The van der Waals surface area contributed by atoms with Crippen molar-refractivity contribution < 1.29 is 28.6 Å². The Balaban J connectivity index is 1.53. The third kappa shape index (κ3) is 5.55. The third-order valence-corrected chi connectivity index (χ3v) is 6.26. The Morgan fingerprint density at radius 1 is 1.09 bits per heavy atom. The smallest absolute Gasteiger partial charge is 0.324 e. The molecule has 0 bridgehead atoms. The summed E-state index contributed by atoms with van der Waals surface area (Å²) in [6.07, 6.45) is 0. The van der Waals surface area contributed by atoms with Crippen molar-refractivity contribution in [3.63, 3.8) is 0 Å². The summed E-state index contributed by atoms with van der Waals surface area (Å²) in [4.78, 5) is 40.6. The van der Waals surface area contributed by atoms with Crippen LogP contribution in [-0.4, -0.2) is 81.3 Å². The number of amides is 4. The van der Waals surface area contributed by atoms with Crippen molar-refractivity contribution in [3.8, 4) is 11.5 Å². The quantitative estimate of drug-likeness (QED) is 0.522. The van der Waals surface area contributed by atoms with E-state index >= 15 is 0 Å². The summed E-state index contributed by atoms with van der Waals surface area (Å²) in [5, 5.41) is 5.55. The maximum Gasteiger partial charge on any atom is 0.324 e. The number of carbonyl (C=O) groups excluding carboxylic acids is 3. The molecule has 4 rings (SSSR count). The minimum atomic E-state index is -0.453. The van der Waals surface area contributed by atoms with Gasteiger partial charge in [-0.1, -0.05) is 24.3 Å². The number of hydrogen-bond acceptors (Lipinski definition) is 7. The normalized spacial score (nSPS) is 17.1. The Labute approximate surface area is 204 Å². The van der Waals surface area contributed by atoms with E-state index in [0.29, 0.717) is 42.4 Å². The molecule has 10 heteroatoms. The monoisotopic (exact) mass is 482 g/mol. The molecule has 4 amide bonds. The summed E-state index contributed by atoms with van der Waals surface area (Å²) in [6.45, 7) is 3.07. The molecule has 35 heavy (non-hydrogen) atoms. The largest absolute Gasteiger partial charge is 0.493 e. The average molecular weight is 483 g/mol. The zero-order chi connectivity index (χ0) is 24.8. The van der Waals surface area contributed by atoms with E-state index in [1.165, 1.54) is 0 Å². The van der Waals surface area contributed by atoms with Gasteiger partial charge in [-0.2, -0.15) is 0 Å². The van der Waals surface area contributed by atoms with E-state index < -0.39 is 6.03 Å². The zero-order valence-corrected chi connectivity index (χ0v) is 19.9. The zero-order valence-electron chi connectivity index (χ0n) is 19.9. The maximum atomic E-state index is 13.2. The first-order chi connectivity index (χ1) is 17.0. The fourth-order valence-corrected chi connectivity index (χ4v) is 4.36.